The zero-order valence-corrected chi connectivity index (χ0v) is 12.7. The molecule has 1 spiro atoms. The molecule has 4 rings (SSSR count). The standard InChI is InChI=1S/C16H23N5/c1-13-4-9-21-14(10-13)18-15(19-21)20-8-3-6-16(12-20)5-2-7-17-11-16/h4,9-10,17H,2-3,5-8,11-12H2,1H3. The zero-order chi connectivity index (χ0) is 14.3. The Morgan fingerprint density at radius 2 is 2.19 bits per heavy atom. The van der Waals surface area contributed by atoms with Gasteiger partial charge < -0.3 is 10.2 Å². The average Bonchev–Trinajstić information content (AvgIpc) is 2.91. The van der Waals surface area contributed by atoms with Crippen LogP contribution in [0, 0.1) is 12.3 Å². The number of pyridine rings is 1. The second-order valence-electron chi connectivity index (χ2n) is 6.72. The number of hydrogen-bond donors (Lipinski definition) is 1. The molecule has 0 amide bonds. The van der Waals surface area contributed by atoms with Crippen molar-refractivity contribution in [1.82, 2.24) is 19.9 Å². The molecule has 0 saturated carbocycles. The molecule has 2 aliphatic rings. The lowest BCUT2D eigenvalue weighted by molar-refractivity contribution is 0.172. The maximum absolute atomic E-state index is 4.73. The Morgan fingerprint density at radius 1 is 1.29 bits per heavy atom. The van der Waals surface area contributed by atoms with Crippen LogP contribution in [-0.2, 0) is 0 Å². The summed E-state index contributed by atoms with van der Waals surface area (Å²) >= 11 is 0. The molecule has 1 N–H and O–H groups in total. The van der Waals surface area contributed by atoms with Gasteiger partial charge in [0.05, 0.1) is 0 Å². The second kappa shape index (κ2) is 4.98. The summed E-state index contributed by atoms with van der Waals surface area (Å²) in [5.74, 6) is 0.894. The van der Waals surface area contributed by atoms with Crippen molar-refractivity contribution in [2.24, 2.45) is 5.41 Å². The molecule has 0 bridgehead atoms. The largest absolute Gasteiger partial charge is 0.339 e. The van der Waals surface area contributed by atoms with E-state index in [9.17, 15) is 0 Å². The number of piperidine rings is 2. The van der Waals surface area contributed by atoms with Gasteiger partial charge in [-0.2, -0.15) is 4.98 Å². The van der Waals surface area contributed by atoms with Gasteiger partial charge >= 0.3 is 0 Å². The quantitative estimate of drug-likeness (QED) is 0.870. The molecule has 21 heavy (non-hydrogen) atoms. The molecule has 5 heteroatoms. The lowest BCUT2D eigenvalue weighted by atomic mass is 9.74. The molecular weight excluding hydrogens is 262 g/mol. The first-order valence-electron chi connectivity index (χ1n) is 8.03. The molecule has 2 aliphatic heterocycles. The van der Waals surface area contributed by atoms with Crippen LogP contribution in [0.25, 0.3) is 5.65 Å². The first-order valence-corrected chi connectivity index (χ1v) is 8.03. The summed E-state index contributed by atoms with van der Waals surface area (Å²) in [5.41, 5.74) is 2.61. The predicted octanol–water partition coefficient (Wildman–Crippen LogP) is 2.01. The first kappa shape index (κ1) is 13.1. The maximum Gasteiger partial charge on any atom is 0.245 e. The fourth-order valence-corrected chi connectivity index (χ4v) is 3.86. The van der Waals surface area contributed by atoms with E-state index in [1.165, 1.54) is 37.8 Å². The normalized spacial score (nSPS) is 26.6. The van der Waals surface area contributed by atoms with E-state index in [0.717, 1.165) is 31.2 Å². The molecule has 2 aromatic heterocycles. The molecule has 2 fully saturated rings. The molecule has 4 heterocycles. The number of nitrogens with one attached hydrogen (secondary N) is 1. The fourth-order valence-electron chi connectivity index (χ4n) is 3.86. The summed E-state index contributed by atoms with van der Waals surface area (Å²) in [7, 11) is 0. The Hall–Kier alpha value is -1.62. The smallest absolute Gasteiger partial charge is 0.245 e. The SMILES string of the molecule is Cc1ccn2nc(N3CCCC4(CCCNC4)C3)nc2c1. The summed E-state index contributed by atoms with van der Waals surface area (Å²) in [6.45, 7) is 6.59. The summed E-state index contributed by atoms with van der Waals surface area (Å²) in [5, 5.41) is 8.25. The number of anilines is 1. The molecule has 112 valence electrons. The van der Waals surface area contributed by atoms with Gasteiger partial charge in [-0.15, -0.1) is 5.10 Å². The monoisotopic (exact) mass is 285 g/mol. The molecule has 0 aliphatic carbocycles. The second-order valence-corrected chi connectivity index (χ2v) is 6.72. The topological polar surface area (TPSA) is 45.5 Å². The third kappa shape index (κ3) is 2.39. The van der Waals surface area contributed by atoms with E-state index in [4.69, 9.17) is 4.98 Å². The predicted molar refractivity (Wildman–Crippen MR) is 83.7 cm³/mol. The minimum atomic E-state index is 0.434. The summed E-state index contributed by atoms with van der Waals surface area (Å²) in [6, 6.07) is 4.17. The van der Waals surface area contributed by atoms with E-state index >= 15 is 0 Å². The van der Waals surface area contributed by atoms with E-state index in [0.29, 0.717) is 5.41 Å². The lowest BCUT2D eigenvalue weighted by Gasteiger charge is -2.45. The van der Waals surface area contributed by atoms with Gasteiger partial charge in [-0.05, 0) is 56.8 Å². The van der Waals surface area contributed by atoms with E-state index < -0.39 is 0 Å². The molecule has 1 unspecified atom stereocenters. The van der Waals surface area contributed by atoms with Gasteiger partial charge in [0.15, 0.2) is 5.65 Å². The number of fused-ring (bicyclic) bond motifs is 1. The van der Waals surface area contributed by atoms with Crippen LogP contribution in [0.3, 0.4) is 0 Å². The van der Waals surface area contributed by atoms with Crippen molar-refractivity contribution >= 4 is 11.6 Å². The highest BCUT2D eigenvalue weighted by Gasteiger charge is 2.37. The van der Waals surface area contributed by atoms with Gasteiger partial charge in [0, 0.05) is 31.2 Å². The summed E-state index contributed by atoms with van der Waals surface area (Å²) in [6.07, 6.45) is 7.22. The Labute approximate surface area is 125 Å². The number of aryl methyl sites for hydroxylation is 1. The van der Waals surface area contributed by atoms with Crippen LogP contribution < -0.4 is 10.2 Å². The van der Waals surface area contributed by atoms with E-state index in [1.807, 2.05) is 10.7 Å². The van der Waals surface area contributed by atoms with Gasteiger partial charge in [-0.3, -0.25) is 0 Å². The van der Waals surface area contributed by atoms with Crippen molar-refractivity contribution in [3.63, 3.8) is 0 Å². The van der Waals surface area contributed by atoms with Crippen LogP contribution in [0.1, 0.15) is 31.2 Å². The number of aromatic nitrogens is 3. The van der Waals surface area contributed by atoms with Gasteiger partial charge in [-0.1, -0.05) is 0 Å². The highest BCUT2D eigenvalue weighted by molar-refractivity contribution is 5.46. The van der Waals surface area contributed by atoms with Gasteiger partial charge in [0.2, 0.25) is 5.95 Å². The van der Waals surface area contributed by atoms with Crippen LogP contribution in [0.2, 0.25) is 0 Å². The zero-order valence-electron chi connectivity index (χ0n) is 12.7. The van der Waals surface area contributed by atoms with Crippen molar-refractivity contribution in [2.45, 2.75) is 32.6 Å². The molecule has 5 nitrogen and oxygen atoms in total. The van der Waals surface area contributed by atoms with Crippen LogP contribution >= 0.6 is 0 Å². The highest BCUT2D eigenvalue weighted by atomic mass is 15.4. The molecule has 2 saturated heterocycles. The maximum atomic E-state index is 4.73. The number of nitrogens with zero attached hydrogens (tertiary/aromatic N) is 4. The molecule has 2 aromatic rings. The summed E-state index contributed by atoms with van der Waals surface area (Å²) in [4.78, 5) is 7.12. The van der Waals surface area contributed by atoms with E-state index in [-0.39, 0.29) is 0 Å². The number of rotatable bonds is 1. The van der Waals surface area contributed by atoms with Crippen molar-refractivity contribution in [1.29, 1.82) is 0 Å². The van der Waals surface area contributed by atoms with Crippen molar-refractivity contribution in [3.05, 3.63) is 23.9 Å². The average molecular weight is 285 g/mol. The third-order valence-electron chi connectivity index (χ3n) is 4.99. The lowest BCUT2D eigenvalue weighted by Crippen LogP contribution is -2.51. The highest BCUT2D eigenvalue weighted by Crippen LogP contribution is 2.36. The van der Waals surface area contributed by atoms with E-state index in [2.05, 4.69) is 34.4 Å². The van der Waals surface area contributed by atoms with Crippen molar-refractivity contribution < 1.29 is 0 Å². The Bertz CT molecular complexity index is 636. The Kier molecular flexibility index (Phi) is 3.10. The van der Waals surface area contributed by atoms with Crippen LogP contribution in [0.5, 0.6) is 0 Å². The van der Waals surface area contributed by atoms with Gasteiger partial charge in [0.1, 0.15) is 0 Å². The Balaban J connectivity index is 1.61. The minimum Gasteiger partial charge on any atom is -0.339 e. The number of hydrogen-bond acceptors (Lipinski definition) is 4. The molecule has 1 atom stereocenters. The van der Waals surface area contributed by atoms with Crippen LogP contribution in [-0.4, -0.2) is 40.8 Å². The molecule has 0 radical (unpaired) electrons. The van der Waals surface area contributed by atoms with Crippen LogP contribution in [0.15, 0.2) is 18.3 Å². The minimum absolute atomic E-state index is 0.434. The Morgan fingerprint density at radius 3 is 3.05 bits per heavy atom. The fraction of sp³-hybridized carbons (Fsp3) is 0.625. The summed E-state index contributed by atoms with van der Waals surface area (Å²) < 4.78 is 1.89. The van der Waals surface area contributed by atoms with Crippen molar-refractivity contribution in [2.75, 3.05) is 31.1 Å². The van der Waals surface area contributed by atoms with E-state index in [1.54, 1.807) is 0 Å². The van der Waals surface area contributed by atoms with Gasteiger partial charge in [0.25, 0.3) is 0 Å². The van der Waals surface area contributed by atoms with Crippen LogP contribution in [0.4, 0.5) is 5.95 Å². The molecule has 0 aromatic carbocycles. The first-order chi connectivity index (χ1) is 10.2. The van der Waals surface area contributed by atoms with Gasteiger partial charge in [-0.25, -0.2) is 4.52 Å². The van der Waals surface area contributed by atoms with Crippen molar-refractivity contribution in [3.8, 4) is 0 Å². The third-order valence-corrected chi connectivity index (χ3v) is 4.99. The molecular formula is C16H23N5.